The molecule has 0 spiro atoms. The van der Waals surface area contributed by atoms with Gasteiger partial charge in [-0.05, 0) is 53.1 Å². The number of ether oxygens (including phenoxy) is 1. The fourth-order valence-corrected chi connectivity index (χ4v) is 4.24. The Morgan fingerprint density at radius 2 is 1.93 bits per heavy atom. The van der Waals surface area contributed by atoms with Crippen LogP contribution in [0.5, 0.6) is 0 Å². The molecule has 3 nitrogen and oxygen atoms in total. The molecule has 2 aromatic rings. The van der Waals surface area contributed by atoms with E-state index in [2.05, 4.69) is 56.4 Å². The molecule has 1 heterocycles. The van der Waals surface area contributed by atoms with Crippen molar-refractivity contribution in [3.63, 3.8) is 0 Å². The third kappa shape index (κ3) is 5.33. The van der Waals surface area contributed by atoms with Gasteiger partial charge in [0.15, 0.2) is 0 Å². The molecule has 1 N–H and O–H groups in total. The lowest BCUT2D eigenvalue weighted by Gasteiger charge is -2.34. The number of hydrogen-bond acceptors (Lipinski definition) is 3. The van der Waals surface area contributed by atoms with Gasteiger partial charge in [-0.2, -0.15) is 0 Å². The summed E-state index contributed by atoms with van der Waals surface area (Å²) in [6, 6.07) is 14.6. The number of benzene rings is 2. The molecule has 0 fully saturated rings. The highest BCUT2D eigenvalue weighted by molar-refractivity contribution is 5.89. The van der Waals surface area contributed by atoms with E-state index in [-0.39, 0.29) is 11.4 Å². The topological polar surface area (TPSA) is 38.3 Å². The molecule has 0 aliphatic carbocycles. The van der Waals surface area contributed by atoms with Crippen LogP contribution >= 0.6 is 0 Å². The number of allylic oxidation sites excluding steroid dienone is 1. The van der Waals surface area contributed by atoms with Crippen molar-refractivity contribution in [3.8, 4) is 0 Å². The second kappa shape index (κ2) is 9.97. The van der Waals surface area contributed by atoms with Gasteiger partial charge < -0.3 is 10.1 Å². The van der Waals surface area contributed by atoms with Gasteiger partial charge in [0.25, 0.3) is 0 Å². The van der Waals surface area contributed by atoms with Crippen LogP contribution in [0.3, 0.4) is 0 Å². The lowest BCUT2D eigenvalue weighted by molar-refractivity contribution is 0.0600. The molecule has 0 aromatic heterocycles. The highest BCUT2D eigenvalue weighted by Gasteiger charge is 2.27. The van der Waals surface area contributed by atoms with E-state index < -0.39 is 0 Å². The first-order valence-corrected chi connectivity index (χ1v) is 11.2. The van der Waals surface area contributed by atoms with Crippen LogP contribution in [0.2, 0.25) is 0 Å². The van der Waals surface area contributed by atoms with Crippen LogP contribution in [0.25, 0.3) is 6.08 Å². The fourth-order valence-electron chi connectivity index (χ4n) is 4.24. The van der Waals surface area contributed by atoms with Crippen molar-refractivity contribution >= 4 is 17.7 Å². The summed E-state index contributed by atoms with van der Waals surface area (Å²) in [6.07, 6.45) is 10.5. The maximum atomic E-state index is 11.6. The normalized spacial score (nSPS) is 16.0. The number of unbranched alkanes of at least 4 members (excludes halogenated alkanes) is 2. The zero-order chi connectivity index (χ0) is 21.6. The van der Waals surface area contributed by atoms with E-state index in [9.17, 15) is 4.79 Å². The van der Waals surface area contributed by atoms with Crippen LogP contribution in [-0.2, 0) is 10.2 Å². The molecule has 1 aliphatic rings. The molecule has 160 valence electrons. The molecule has 0 saturated heterocycles. The number of carbonyl (C=O) groups excluding carboxylic acids is 1. The number of anilines is 1. The third-order valence-corrected chi connectivity index (χ3v) is 6.24. The first-order valence-electron chi connectivity index (χ1n) is 11.2. The minimum Gasteiger partial charge on any atom is -0.465 e. The van der Waals surface area contributed by atoms with Crippen LogP contribution in [0.4, 0.5) is 5.69 Å². The van der Waals surface area contributed by atoms with Crippen molar-refractivity contribution in [2.24, 2.45) is 0 Å². The molecule has 0 bridgehead atoms. The molecule has 1 unspecified atom stereocenters. The summed E-state index contributed by atoms with van der Waals surface area (Å²) in [7, 11) is 1.41. The average Bonchev–Trinajstić information content (AvgIpc) is 2.75. The summed E-state index contributed by atoms with van der Waals surface area (Å²) in [5.74, 6) is 0.0847. The van der Waals surface area contributed by atoms with Gasteiger partial charge in [-0.15, -0.1) is 0 Å². The van der Waals surface area contributed by atoms with E-state index in [1.165, 1.54) is 49.6 Å². The van der Waals surface area contributed by atoms with E-state index >= 15 is 0 Å². The lowest BCUT2D eigenvalue weighted by Crippen LogP contribution is -2.28. The Morgan fingerprint density at radius 1 is 1.17 bits per heavy atom. The third-order valence-electron chi connectivity index (χ3n) is 6.24. The second-order valence-corrected chi connectivity index (χ2v) is 8.94. The van der Waals surface area contributed by atoms with Gasteiger partial charge in [0.05, 0.1) is 12.7 Å². The predicted octanol–water partition coefficient (Wildman–Crippen LogP) is 6.94. The van der Waals surface area contributed by atoms with Crippen LogP contribution < -0.4 is 5.32 Å². The van der Waals surface area contributed by atoms with E-state index in [1.807, 2.05) is 24.3 Å². The average molecular weight is 406 g/mol. The SMILES string of the molecule is CCCCCC(C=Cc1ccc(C(=O)OC)cc1)c1ccc2c(c1)NCCC2(C)C. The Kier molecular flexibility index (Phi) is 7.36. The Balaban J connectivity index is 1.82. The number of rotatable bonds is 8. The summed E-state index contributed by atoms with van der Waals surface area (Å²) < 4.78 is 4.78. The Morgan fingerprint density at radius 3 is 2.63 bits per heavy atom. The second-order valence-electron chi connectivity index (χ2n) is 8.94. The van der Waals surface area contributed by atoms with Crippen LogP contribution in [0.15, 0.2) is 48.5 Å². The summed E-state index contributed by atoms with van der Waals surface area (Å²) in [5.41, 5.74) is 6.00. The first-order chi connectivity index (χ1) is 14.4. The number of hydrogen-bond donors (Lipinski definition) is 1. The van der Waals surface area contributed by atoms with Crippen LogP contribution in [-0.4, -0.2) is 19.6 Å². The molecule has 3 rings (SSSR count). The van der Waals surface area contributed by atoms with Crippen LogP contribution in [0, 0.1) is 0 Å². The van der Waals surface area contributed by atoms with Gasteiger partial charge in [-0.25, -0.2) is 4.79 Å². The lowest BCUT2D eigenvalue weighted by atomic mass is 9.77. The highest BCUT2D eigenvalue weighted by atomic mass is 16.5. The molecule has 3 heteroatoms. The van der Waals surface area contributed by atoms with Crippen molar-refractivity contribution in [1.82, 2.24) is 0 Å². The number of nitrogens with one attached hydrogen (secondary N) is 1. The molecule has 0 radical (unpaired) electrons. The Labute approximate surface area is 181 Å². The van der Waals surface area contributed by atoms with E-state index in [0.29, 0.717) is 11.5 Å². The zero-order valence-corrected chi connectivity index (χ0v) is 18.8. The molecule has 0 saturated carbocycles. The smallest absolute Gasteiger partial charge is 0.337 e. The van der Waals surface area contributed by atoms with Gasteiger partial charge in [0, 0.05) is 18.2 Å². The van der Waals surface area contributed by atoms with Gasteiger partial charge in [0.1, 0.15) is 0 Å². The minimum atomic E-state index is -0.299. The molecule has 1 aliphatic heterocycles. The predicted molar refractivity (Wildman–Crippen MR) is 126 cm³/mol. The molecule has 30 heavy (non-hydrogen) atoms. The summed E-state index contributed by atoms with van der Waals surface area (Å²) in [6.45, 7) is 7.96. The van der Waals surface area contributed by atoms with Gasteiger partial charge >= 0.3 is 5.97 Å². The molecule has 0 amide bonds. The van der Waals surface area contributed by atoms with Crippen molar-refractivity contribution in [2.45, 2.75) is 64.2 Å². The largest absolute Gasteiger partial charge is 0.465 e. The fraction of sp³-hybridized carbons (Fsp3) is 0.444. The van der Waals surface area contributed by atoms with Crippen molar-refractivity contribution in [1.29, 1.82) is 0 Å². The number of methoxy groups -OCH3 is 1. The Bertz CT molecular complexity index is 880. The van der Waals surface area contributed by atoms with Crippen LogP contribution in [0.1, 0.15) is 85.8 Å². The minimum absolute atomic E-state index is 0.230. The van der Waals surface area contributed by atoms with Gasteiger partial charge in [-0.3, -0.25) is 0 Å². The van der Waals surface area contributed by atoms with Crippen molar-refractivity contribution in [3.05, 3.63) is 70.8 Å². The number of carbonyl (C=O) groups is 1. The zero-order valence-electron chi connectivity index (χ0n) is 18.8. The van der Waals surface area contributed by atoms with Crippen molar-refractivity contribution in [2.75, 3.05) is 19.0 Å². The monoisotopic (exact) mass is 405 g/mol. The number of esters is 1. The first kappa shape index (κ1) is 22.1. The molecule has 1 atom stereocenters. The quantitative estimate of drug-likeness (QED) is 0.382. The van der Waals surface area contributed by atoms with E-state index in [1.54, 1.807) is 0 Å². The van der Waals surface area contributed by atoms with E-state index in [4.69, 9.17) is 4.74 Å². The van der Waals surface area contributed by atoms with Crippen molar-refractivity contribution < 1.29 is 9.53 Å². The highest BCUT2D eigenvalue weighted by Crippen LogP contribution is 2.39. The maximum Gasteiger partial charge on any atom is 0.337 e. The maximum absolute atomic E-state index is 11.6. The molecular weight excluding hydrogens is 370 g/mol. The van der Waals surface area contributed by atoms with E-state index in [0.717, 1.165) is 18.5 Å². The standard InChI is InChI=1S/C27H35NO2/c1-5-6-7-8-21(12-9-20-10-13-22(14-11-20)26(29)30-4)23-15-16-24-25(19-23)28-18-17-27(24,2)3/h9-16,19,21,28H,5-8,17-18H2,1-4H3. The summed E-state index contributed by atoms with van der Waals surface area (Å²) >= 11 is 0. The molecular formula is C27H35NO2. The molecule has 2 aromatic carbocycles. The van der Waals surface area contributed by atoms with Gasteiger partial charge in [-0.1, -0.05) is 76.5 Å². The number of fused-ring (bicyclic) bond motifs is 1. The summed E-state index contributed by atoms with van der Waals surface area (Å²) in [4.78, 5) is 11.6. The summed E-state index contributed by atoms with van der Waals surface area (Å²) in [5, 5.41) is 3.61. The Hall–Kier alpha value is -2.55. The van der Waals surface area contributed by atoms with Gasteiger partial charge in [0.2, 0.25) is 0 Å².